The maximum atomic E-state index is 12.1. The van der Waals surface area contributed by atoms with Crippen LogP contribution in [-0.2, 0) is 33.2 Å². The van der Waals surface area contributed by atoms with E-state index in [0.717, 1.165) is 0 Å². The molecule has 15 unspecified atom stereocenters. The van der Waals surface area contributed by atoms with Gasteiger partial charge in [-0.15, -0.1) is 0 Å². The van der Waals surface area contributed by atoms with Gasteiger partial charge in [-0.05, 0) is 26.9 Å². The molecule has 17 nitrogen and oxygen atoms in total. The third-order valence-electron chi connectivity index (χ3n) is 7.29. The molecule has 3 saturated heterocycles. The summed E-state index contributed by atoms with van der Waals surface area (Å²) in [5.74, 6) is -0.535. The van der Waals surface area contributed by atoms with Gasteiger partial charge in [-0.3, -0.25) is 4.79 Å². The summed E-state index contributed by atoms with van der Waals surface area (Å²) >= 11 is 0. The summed E-state index contributed by atoms with van der Waals surface area (Å²) in [7, 11) is 1.76. The number of hydrogen-bond donors (Lipinski definition) is 10. The lowest BCUT2D eigenvalue weighted by Crippen LogP contribution is -2.69. The van der Waals surface area contributed by atoms with Crippen molar-refractivity contribution in [2.24, 2.45) is 0 Å². The molecular formula is C24H44N2O15. The minimum Gasteiger partial charge on any atom is -0.394 e. The van der Waals surface area contributed by atoms with Crippen LogP contribution in [0.3, 0.4) is 0 Å². The van der Waals surface area contributed by atoms with Crippen LogP contribution in [0.2, 0.25) is 0 Å². The van der Waals surface area contributed by atoms with Gasteiger partial charge in [-0.25, -0.2) is 0 Å². The Morgan fingerprint density at radius 1 is 0.756 bits per heavy atom. The first-order chi connectivity index (χ1) is 19.4. The predicted octanol–water partition coefficient (Wildman–Crippen LogP) is -5.77. The van der Waals surface area contributed by atoms with E-state index < -0.39 is 111 Å². The normalized spacial score (nSPS) is 45.4. The molecule has 15 atom stereocenters. The van der Waals surface area contributed by atoms with E-state index in [1.807, 2.05) is 0 Å². The van der Waals surface area contributed by atoms with Gasteiger partial charge in [-0.2, -0.15) is 0 Å². The molecule has 17 heteroatoms. The zero-order chi connectivity index (χ0) is 30.4. The molecule has 0 aromatic rings. The van der Waals surface area contributed by atoms with Crippen LogP contribution in [-0.4, -0.2) is 172 Å². The number of carbonyl (C=O) groups is 1. The third-order valence-corrected chi connectivity index (χ3v) is 7.29. The summed E-state index contributed by atoms with van der Waals surface area (Å²) in [6.07, 6.45) is -20.6. The Hall–Kier alpha value is -1.13. The van der Waals surface area contributed by atoms with Crippen molar-refractivity contribution >= 4 is 5.91 Å². The van der Waals surface area contributed by atoms with E-state index in [1.54, 1.807) is 7.05 Å². The van der Waals surface area contributed by atoms with Crippen LogP contribution in [0.1, 0.15) is 20.3 Å². The van der Waals surface area contributed by atoms with Gasteiger partial charge in [0.1, 0.15) is 67.1 Å². The Balaban J connectivity index is 1.90. The van der Waals surface area contributed by atoms with Crippen molar-refractivity contribution in [2.45, 2.75) is 112 Å². The van der Waals surface area contributed by atoms with Gasteiger partial charge in [0.2, 0.25) is 5.91 Å². The van der Waals surface area contributed by atoms with Gasteiger partial charge in [0.25, 0.3) is 0 Å². The average Bonchev–Trinajstić information content (AvgIpc) is 2.94. The fourth-order valence-corrected chi connectivity index (χ4v) is 4.95. The standard InChI is InChI=1S/C24H44N2O15/c1-9-14(30)17(33)19(35)23(37-9)41-21-18(34)15(31)11(7-27)39-24(21)40-20-13(26-10(2)29)22(36-6-4-5-25-3)38-12(8-28)16(20)32/h9,11-25,27-28,30-35H,4-8H2,1-3H3,(H,26,29). The van der Waals surface area contributed by atoms with Crippen LogP contribution in [0.4, 0.5) is 0 Å². The topological polar surface area (TPSA) is 258 Å². The van der Waals surface area contributed by atoms with Crippen molar-refractivity contribution in [1.29, 1.82) is 0 Å². The van der Waals surface area contributed by atoms with Crippen LogP contribution in [0, 0.1) is 0 Å². The van der Waals surface area contributed by atoms with Gasteiger partial charge in [-0.1, -0.05) is 0 Å². The first kappa shape index (κ1) is 34.4. The van der Waals surface area contributed by atoms with Crippen molar-refractivity contribution in [3.63, 3.8) is 0 Å². The zero-order valence-electron chi connectivity index (χ0n) is 23.1. The summed E-state index contributed by atoms with van der Waals surface area (Å²) in [5.41, 5.74) is 0. The Morgan fingerprint density at radius 2 is 1.37 bits per heavy atom. The second kappa shape index (κ2) is 15.6. The number of amides is 1. The molecule has 0 aliphatic carbocycles. The largest absolute Gasteiger partial charge is 0.394 e. The molecule has 3 aliphatic heterocycles. The van der Waals surface area contributed by atoms with E-state index in [1.165, 1.54) is 13.8 Å². The molecule has 240 valence electrons. The first-order valence-corrected chi connectivity index (χ1v) is 13.6. The molecule has 41 heavy (non-hydrogen) atoms. The number of aliphatic hydroxyl groups excluding tert-OH is 8. The van der Waals surface area contributed by atoms with Gasteiger partial charge in [0, 0.05) is 6.92 Å². The van der Waals surface area contributed by atoms with Gasteiger partial charge < -0.3 is 79.9 Å². The van der Waals surface area contributed by atoms with Crippen molar-refractivity contribution in [1.82, 2.24) is 10.6 Å². The maximum absolute atomic E-state index is 12.1. The van der Waals surface area contributed by atoms with Crippen LogP contribution < -0.4 is 10.6 Å². The molecule has 1 amide bonds. The summed E-state index contributed by atoms with van der Waals surface area (Å²) in [6, 6.07) is -1.17. The zero-order valence-corrected chi connectivity index (χ0v) is 23.1. The molecule has 0 aromatic heterocycles. The lowest BCUT2D eigenvalue weighted by Gasteiger charge is -2.49. The van der Waals surface area contributed by atoms with Crippen LogP contribution in [0.25, 0.3) is 0 Å². The van der Waals surface area contributed by atoms with E-state index >= 15 is 0 Å². The number of hydrogen-bond acceptors (Lipinski definition) is 16. The molecular weight excluding hydrogens is 556 g/mol. The number of nitrogens with one attached hydrogen (secondary N) is 2. The Labute approximate surface area is 236 Å². The minimum absolute atomic E-state index is 0.176. The number of aliphatic hydroxyl groups is 8. The highest BCUT2D eigenvalue weighted by molar-refractivity contribution is 5.73. The summed E-state index contributed by atoms with van der Waals surface area (Å²) in [4.78, 5) is 12.1. The molecule has 0 spiro atoms. The highest BCUT2D eigenvalue weighted by Crippen LogP contribution is 2.33. The molecule has 3 heterocycles. The summed E-state index contributed by atoms with van der Waals surface area (Å²) in [6.45, 7) is 2.01. The first-order valence-electron chi connectivity index (χ1n) is 13.6. The quantitative estimate of drug-likeness (QED) is 0.0936. The van der Waals surface area contributed by atoms with Crippen molar-refractivity contribution < 1.29 is 74.1 Å². The summed E-state index contributed by atoms with van der Waals surface area (Å²) in [5, 5.41) is 88.3. The second-order valence-electron chi connectivity index (χ2n) is 10.4. The van der Waals surface area contributed by atoms with Crippen molar-refractivity contribution in [2.75, 3.05) is 33.4 Å². The van der Waals surface area contributed by atoms with Gasteiger partial charge in [0.05, 0.1) is 25.9 Å². The lowest BCUT2D eigenvalue weighted by molar-refractivity contribution is -0.381. The van der Waals surface area contributed by atoms with E-state index in [-0.39, 0.29) is 6.61 Å². The third kappa shape index (κ3) is 8.08. The Bertz CT molecular complexity index is 813. The van der Waals surface area contributed by atoms with E-state index in [0.29, 0.717) is 13.0 Å². The Morgan fingerprint density at radius 3 is 1.98 bits per heavy atom. The van der Waals surface area contributed by atoms with E-state index in [2.05, 4.69) is 10.6 Å². The molecule has 0 radical (unpaired) electrons. The van der Waals surface area contributed by atoms with Crippen molar-refractivity contribution in [3.8, 4) is 0 Å². The predicted molar refractivity (Wildman–Crippen MR) is 134 cm³/mol. The molecule has 0 bridgehead atoms. The monoisotopic (exact) mass is 600 g/mol. The van der Waals surface area contributed by atoms with Crippen LogP contribution >= 0.6 is 0 Å². The number of carbonyl (C=O) groups excluding carboxylic acids is 1. The fraction of sp³-hybridized carbons (Fsp3) is 0.958. The highest BCUT2D eigenvalue weighted by Gasteiger charge is 2.54. The molecule has 3 aliphatic rings. The maximum Gasteiger partial charge on any atom is 0.217 e. The SMILES string of the molecule is CNCCCOC1OC(CO)C(O)C(OC2OC(CO)C(O)C(O)C2OC2OC(C)C(O)C(O)C2O)C1NC(C)=O. The fourth-order valence-electron chi connectivity index (χ4n) is 4.95. The van der Waals surface area contributed by atoms with Crippen LogP contribution in [0.15, 0.2) is 0 Å². The van der Waals surface area contributed by atoms with Gasteiger partial charge in [0.15, 0.2) is 18.9 Å². The van der Waals surface area contributed by atoms with Crippen molar-refractivity contribution in [3.05, 3.63) is 0 Å². The second-order valence-corrected chi connectivity index (χ2v) is 10.4. The number of rotatable bonds is 12. The van der Waals surface area contributed by atoms with E-state index in [9.17, 15) is 45.6 Å². The number of ether oxygens (including phenoxy) is 6. The lowest BCUT2D eigenvalue weighted by atomic mass is 9.95. The Kier molecular flexibility index (Phi) is 13.0. The molecule has 3 rings (SSSR count). The summed E-state index contributed by atoms with van der Waals surface area (Å²) < 4.78 is 34.4. The smallest absolute Gasteiger partial charge is 0.217 e. The van der Waals surface area contributed by atoms with Crippen LogP contribution in [0.5, 0.6) is 0 Å². The molecule has 0 aromatic carbocycles. The average molecular weight is 601 g/mol. The highest BCUT2D eigenvalue weighted by atomic mass is 16.8. The van der Waals surface area contributed by atoms with Gasteiger partial charge >= 0.3 is 0 Å². The minimum atomic E-state index is -1.81. The molecule has 0 saturated carbocycles. The molecule has 10 N–H and O–H groups in total. The van der Waals surface area contributed by atoms with E-state index in [4.69, 9.17) is 28.4 Å². The molecule has 3 fully saturated rings.